The Morgan fingerprint density at radius 3 is 1.04 bits per heavy atom. The third-order valence-electron chi connectivity index (χ3n) is 14.6. The summed E-state index contributed by atoms with van der Waals surface area (Å²) in [5.74, 6) is 4.58. The predicted octanol–water partition coefficient (Wildman–Crippen LogP) is 16.7. The highest BCUT2D eigenvalue weighted by molar-refractivity contribution is 5.62. The Labute approximate surface area is 419 Å². The summed E-state index contributed by atoms with van der Waals surface area (Å²) in [6.45, 7) is 38.0. The molecule has 0 heterocycles. The molecule has 5 nitrogen and oxygen atoms in total. The van der Waals surface area contributed by atoms with Crippen molar-refractivity contribution in [1.29, 1.82) is 0 Å². The van der Waals surface area contributed by atoms with Crippen molar-refractivity contribution in [3.63, 3.8) is 0 Å². The minimum absolute atomic E-state index is 0.0317. The van der Waals surface area contributed by atoms with Crippen LogP contribution >= 0.6 is 0 Å². The van der Waals surface area contributed by atoms with E-state index in [4.69, 9.17) is 18.9 Å². The first-order chi connectivity index (χ1) is 32.2. The lowest BCUT2D eigenvalue weighted by Gasteiger charge is -2.31. The van der Waals surface area contributed by atoms with Crippen molar-refractivity contribution < 1.29 is 18.9 Å². The van der Waals surface area contributed by atoms with E-state index in [0.717, 1.165) is 71.1 Å². The molecule has 5 aromatic carbocycles. The Kier molecular flexibility index (Phi) is 16.1. The highest BCUT2D eigenvalue weighted by Crippen LogP contribution is 2.49. The maximum absolute atomic E-state index is 6.76. The first-order valence-corrected chi connectivity index (χ1v) is 25.9. The van der Waals surface area contributed by atoms with Gasteiger partial charge in [-0.3, -0.25) is 0 Å². The van der Waals surface area contributed by atoms with Crippen LogP contribution in [0.2, 0.25) is 0 Å². The van der Waals surface area contributed by atoms with Gasteiger partial charge in [0.05, 0.1) is 28.4 Å². The number of rotatable bonds is 12. The van der Waals surface area contributed by atoms with Gasteiger partial charge in [0.1, 0.15) is 23.0 Å². The van der Waals surface area contributed by atoms with Gasteiger partial charge in [-0.25, -0.2) is 0 Å². The Balaban J connectivity index is 1.68. The Hall–Kier alpha value is -4.90. The van der Waals surface area contributed by atoms with E-state index in [-0.39, 0.29) is 27.6 Å². The smallest absolute Gasteiger partial charge is 0.126 e. The number of benzene rings is 5. The number of ether oxygens (including phenoxy) is 4. The van der Waals surface area contributed by atoms with Crippen molar-refractivity contribution in [1.82, 2.24) is 0 Å². The van der Waals surface area contributed by atoms with Crippen LogP contribution in [0.1, 0.15) is 226 Å². The molecule has 5 heteroatoms. The van der Waals surface area contributed by atoms with Crippen LogP contribution in [0.3, 0.4) is 0 Å². The van der Waals surface area contributed by atoms with E-state index in [1.165, 1.54) is 61.3 Å². The molecule has 0 saturated carbocycles. The molecule has 5 aromatic rings. The average Bonchev–Trinajstić information content (AvgIpc) is 3.25. The summed E-state index contributed by atoms with van der Waals surface area (Å²) in [7, 11) is 7.40. The van der Waals surface area contributed by atoms with Crippen molar-refractivity contribution >= 4 is 5.69 Å². The van der Waals surface area contributed by atoms with Crippen LogP contribution in [0.4, 0.5) is 5.69 Å². The molecule has 0 unspecified atom stereocenters. The Morgan fingerprint density at radius 2 is 0.754 bits per heavy atom. The summed E-state index contributed by atoms with van der Waals surface area (Å²) in [6, 6.07) is 26.1. The molecular formula is C64H89NO4. The quantitative estimate of drug-likeness (QED) is 0.126. The van der Waals surface area contributed by atoms with Crippen LogP contribution in [0.25, 0.3) is 0 Å². The molecule has 1 aliphatic carbocycles. The molecule has 69 heavy (non-hydrogen) atoms. The van der Waals surface area contributed by atoms with Crippen molar-refractivity contribution in [2.24, 2.45) is 0 Å². The van der Waals surface area contributed by atoms with Crippen LogP contribution in [0.15, 0.2) is 66.7 Å². The average molecular weight is 936 g/mol. The number of anilines is 1. The highest BCUT2D eigenvalue weighted by Gasteiger charge is 2.32. The largest absolute Gasteiger partial charge is 0.496 e. The maximum Gasteiger partial charge on any atom is 0.126 e. The number of fused-ring (bicyclic) bond motifs is 8. The van der Waals surface area contributed by atoms with E-state index in [1.807, 2.05) is 28.4 Å². The molecule has 0 amide bonds. The molecule has 0 aliphatic heterocycles. The minimum Gasteiger partial charge on any atom is -0.496 e. The fourth-order valence-corrected chi connectivity index (χ4v) is 10.5. The number of unbranched alkanes of at least 4 members (excludes halogenated alkanes) is 1. The lowest BCUT2D eigenvalue weighted by Crippen LogP contribution is -2.18. The standard InChI is InChI=1S/C64H89NO4/c1-39(2)51-25-23-26-52(40(3)4)56(51)65-27-22-21-24-53-54-37-49(63(11,12)13)35-45(59(54)68-19)29-43-33-47(61(5,6)7)31-41(57(43)66-17)28-42-32-48(62(8,9)10)34-44(58(42)67-18)30-46-36-50(64(14,15)16)38-55(53)60(46)69-20/h23,25-26,31-40,53,65H,21-22,24,27-30H2,1-20H3. The van der Waals surface area contributed by atoms with E-state index >= 15 is 0 Å². The maximum atomic E-state index is 6.76. The van der Waals surface area contributed by atoms with Gasteiger partial charge < -0.3 is 24.3 Å². The van der Waals surface area contributed by atoms with Crippen LogP contribution in [0.5, 0.6) is 23.0 Å². The minimum atomic E-state index is -0.127. The SMILES string of the molecule is COc1c2cc(C(C)(C)C)cc1Cc1cc(C(C)(C)C)cc(c1OC)C(CCCCNc1c(C(C)C)cccc1C(C)C)c1cc(C(C)(C)C)cc(c1OC)Cc1cc(C(C)(C)C)cc(c1OC)C2. The second-order valence-corrected chi connectivity index (χ2v) is 24.8. The molecule has 0 atom stereocenters. The third-order valence-corrected chi connectivity index (χ3v) is 14.6. The monoisotopic (exact) mass is 936 g/mol. The summed E-state index contributed by atoms with van der Waals surface area (Å²) in [5, 5.41) is 3.96. The van der Waals surface area contributed by atoms with E-state index in [9.17, 15) is 0 Å². The summed E-state index contributed by atoms with van der Waals surface area (Å²) in [6.07, 6.45) is 4.90. The van der Waals surface area contributed by atoms with Crippen LogP contribution in [-0.2, 0) is 40.9 Å². The number of hydrogen-bond donors (Lipinski definition) is 1. The van der Waals surface area contributed by atoms with Gasteiger partial charge in [-0.15, -0.1) is 0 Å². The van der Waals surface area contributed by atoms with E-state index in [2.05, 4.69) is 183 Å². The first-order valence-electron chi connectivity index (χ1n) is 25.9. The van der Waals surface area contributed by atoms with Gasteiger partial charge in [0.25, 0.3) is 0 Å². The second kappa shape index (κ2) is 20.8. The summed E-state index contributed by atoms with van der Waals surface area (Å²) in [5.41, 5.74) is 18.2. The van der Waals surface area contributed by atoms with E-state index in [0.29, 0.717) is 31.1 Å². The molecule has 0 radical (unpaired) electrons. The number of para-hydroxylation sites is 1. The molecule has 374 valence electrons. The van der Waals surface area contributed by atoms with Gasteiger partial charge in [0.15, 0.2) is 0 Å². The van der Waals surface area contributed by atoms with Gasteiger partial charge in [0.2, 0.25) is 0 Å². The highest BCUT2D eigenvalue weighted by atomic mass is 16.5. The first kappa shape index (κ1) is 53.5. The third kappa shape index (κ3) is 11.8. The fourth-order valence-electron chi connectivity index (χ4n) is 10.5. The second-order valence-electron chi connectivity index (χ2n) is 24.8. The summed E-state index contributed by atoms with van der Waals surface area (Å²) >= 11 is 0. The van der Waals surface area contributed by atoms with Crippen LogP contribution < -0.4 is 24.3 Å². The summed E-state index contributed by atoms with van der Waals surface area (Å²) in [4.78, 5) is 0. The van der Waals surface area contributed by atoms with Crippen LogP contribution in [-0.4, -0.2) is 35.0 Å². The number of methoxy groups -OCH3 is 4. The van der Waals surface area contributed by atoms with Crippen molar-refractivity contribution in [2.45, 2.75) is 189 Å². The molecule has 6 rings (SSSR count). The topological polar surface area (TPSA) is 49.0 Å². The predicted molar refractivity (Wildman–Crippen MR) is 294 cm³/mol. The molecule has 0 fully saturated rings. The van der Waals surface area contributed by atoms with E-state index in [1.54, 1.807) is 0 Å². The van der Waals surface area contributed by atoms with Gasteiger partial charge in [-0.2, -0.15) is 0 Å². The zero-order valence-electron chi connectivity index (χ0n) is 46.7. The zero-order chi connectivity index (χ0) is 51.0. The van der Waals surface area contributed by atoms with Crippen molar-refractivity contribution in [2.75, 3.05) is 40.3 Å². The molecule has 8 bridgehead atoms. The van der Waals surface area contributed by atoms with E-state index < -0.39 is 0 Å². The zero-order valence-corrected chi connectivity index (χ0v) is 46.7. The van der Waals surface area contributed by atoms with Gasteiger partial charge in [-0.1, -0.05) is 184 Å². The van der Waals surface area contributed by atoms with Crippen molar-refractivity contribution in [3.05, 3.63) is 145 Å². The molecule has 0 spiro atoms. The molecule has 1 N–H and O–H groups in total. The van der Waals surface area contributed by atoms with Gasteiger partial charge in [-0.05, 0) is 113 Å². The lowest BCUT2D eigenvalue weighted by molar-refractivity contribution is 0.389. The molecule has 0 saturated heterocycles. The fraction of sp³-hybridized carbons (Fsp3) is 0.531. The molecule has 1 aliphatic rings. The number of hydrogen-bond acceptors (Lipinski definition) is 5. The molecule has 0 aromatic heterocycles. The van der Waals surface area contributed by atoms with Gasteiger partial charge in [0, 0.05) is 48.5 Å². The Morgan fingerprint density at radius 1 is 0.449 bits per heavy atom. The van der Waals surface area contributed by atoms with Crippen LogP contribution in [0, 0.1) is 0 Å². The Bertz CT molecular complexity index is 2430. The van der Waals surface area contributed by atoms with Crippen molar-refractivity contribution in [3.8, 4) is 23.0 Å². The van der Waals surface area contributed by atoms with Gasteiger partial charge >= 0.3 is 0 Å². The summed E-state index contributed by atoms with van der Waals surface area (Å²) < 4.78 is 26.6. The lowest BCUT2D eigenvalue weighted by atomic mass is 9.76. The molecular weight excluding hydrogens is 847 g/mol. The normalized spacial score (nSPS) is 13.8. The number of nitrogens with one attached hydrogen (secondary N) is 1.